The number of carbonyl (C=O) groups is 1. The minimum absolute atomic E-state index is 0.0291. The molecule has 1 N–H and O–H groups in total. The number of amides is 1. The molecule has 1 amide bonds. The normalized spacial score (nSPS) is 9.94. The Morgan fingerprint density at radius 1 is 1.12 bits per heavy atom. The van der Waals surface area contributed by atoms with Gasteiger partial charge in [-0.25, -0.2) is 0 Å². The average Bonchev–Trinajstić information content (AvgIpc) is 2.33. The molecule has 0 aliphatic heterocycles. The van der Waals surface area contributed by atoms with Crippen LogP contribution in [0.3, 0.4) is 0 Å². The highest BCUT2D eigenvalue weighted by Crippen LogP contribution is 2.14. The Labute approximate surface area is 108 Å². The van der Waals surface area contributed by atoms with Crippen molar-refractivity contribution in [2.24, 2.45) is 0 Å². The fourth-order valence-corrected chi connectivity index (χ4v) is 1.69. The van der Waals surface area contributed by atoms with Crippen molar-refractivity contribution in [1.29, 1.82) is 0 Å². The summed E-state index contributed by atoms with van der Waals surface area (Å²) in [6, 6.07) is 11.2. The number of rotatable bonds is 3. The Morgan fingerprint density at radius 2 is 1.76 bits per heavy atom. The first-order chi connectivity index (χ1) is 8.24. The summed E-state index contributed by atoms with van der Waals surface area (Å²) >= 11 is 3.35. The van der Waals surface area contributed by atoms with E-state index < -0.39 is 0 Å². The van der Waals surface area contributed by atoms with E-state index in [9.17, 15) is 4.79 Å². The van der Waals surface area contributed by atoms with E-state index in [1.807, 2.05) is 36.4 Å². The Hall–Kier alpha value is -1.68. The van der Waals surface area contributed by atoms with Gasteiger partial charge in [0.25, 0.3) is 0 Å². The van der Waals surface area contributed by atoms with Gasteiger partial charge in [0.15, 0.2) is 0 Å². The largest absolute Gasteiger partial charge is 0.326 e. The number of benzene rings is 1. The van der Waals surface area contributed by atoms with Gasteiger partial charge >= 0.3 is 0 Å². The van der Waals surface area contributed by atoms with Gasteiger partial charge < -0.3 is 5.32 Å². The fraction of sp³-hybridized carbons (Fsp3) is 0.0769. The van der Waals surface area contributed by atoms with Crippen molar-refractivity contribution in [2.75, 3.05) is 5.32 Å². The number of anilines is 1. The van der Waals surface area contributed by atoms with Gasteiger partial charge in [0.1, 0.15) is 0 Å². The summed E-state index contributed by atoms with van der Waals surface area (Å²) in [4.78, 5) is 15.6. The van der Waals surface area contributed by atoms with Crippen LogP contribution in [0.2, 0.25) is 0 Å². The second-order valence-corrected chi connectivity index (χ2v) is 4.50. The molecule has 2 aromatic rings. The van der Waals surface area contributed by atoms with Gasteiger partial charge in [-0.3, -0.25) is 9.78 Å². The Kier molecular flexibility index (Phi) is 3.88. The number of aromatic nitrogens is 1. The van der Waals surface area contributed by atoms with Crippen LogP contribution < -0.4 is 5.32 Å². The van der Waals surface area contributed by atoms with E-state index in [-0.39, 0.29) is 5.91 Å². The molecule has 86 valence electrons. The molecule has 3 nitrogen and oxygen atoms in total. The van der Waals surface area contributed by atoms with Crippen molar-refractivity contribution in [1.82, 2.24) is 4.98 Å². The van der Waals surface area contributed by atoms with Crippen molar-refractivity contribution < 1.29 is 4.79 Å². The molecule has 0 fully saturated rings. The predicted molar refractivity (Wildman–Crippen MR) is 70.7 cm³/mol. The van der Waals surface area contributed by atoms with Crippen molar-refractivity contribution in [3.63, 3.8) is 0 Å². The second kappa shape index (κ2) is 5.59. The summed E-state index contributed by atoms with van der Waals surface area (Å²) in [5, 5.41) is 2.84. The minimum atomic E-state index is -0.0291. The summed E-state index contributed by atoms with van der Waals surface area (Å²) in [6.45, 7) is 0. The second-order valence-electron chi connectivity index (χ2n) is 3.59. The molecule has 2 rings (SSSR count). The Morgan fingerprint density at radius 3 is 2.41 bits per heavy atom. The van der Waals surface area contributed by atoms with Crippen LogP contribution in [-0.4, -0.2) is 10.9 Å². The monoisotopic (exact) mass is 290 g/mol. The lowest BCUT2D eigenvalue weighted by Gasteiger charge is -2.05. The molecular weight excluding hydrogens is 280 g/mol. The number of hydrogen-bond acceptors (Lipinski definition) is 2. The maximum atomic E-state index is 11.7. The standard InChI is InChI=1S/C13H11BrN2O/c14-11-1-3-12(4-2-11)16-13(17)9-10-5-7-15-8-6-10/h1-8H,9H2,(H,16,17). The smallest absolute Gasteiger partial charge is 0.228 e. The highest BCUT2D eigenvalue weighted by Gasteiger charge is 2.03. The first-order valence-corrected chi connectivity index (χ1v) is 5.97. The van der Waals surface area contributed by atoms with E-state index in [4.69, 9.17) is 0 Å². The van der Waals surface area contributed by atoms with Gasteiger partial charge in [0, 0.05) is 22.6 Å². The quantitative estimate of drug-likeness (QED) is 0.944. The molecule has 4 heteroatoms. The van der Waals surface area contributed by atoms with Gasteiger partial charge in [-0.2, -0.15) is 0 Å². The Bertz CT molecular complexity index is 497. The molecule has 0 atom stereocenters. The molecule has 0 radical (unpaired) electrons. The maximum Gasteiger partial charge on any atom is 0.228 e. The number of nitrogens with one attached hydrogen (secondary N) is 1. The average molecular weight is 291 g/mol. The van der Waals surface area contributed by atoms with Crippen LogP contribution >= 0.6 is 15.9 Å². The first kappa shape index (κ1) is 11.8. The topological polar surface area (TPSA) is 42.0 Å². The molecule has 0 aliphatic carbocycles. The molecule has 0 bridgehead atoms. The maximum absolute atomic E-state index is 11.7. The third kappa shape index (κ3) is 3.67. The van der Waals surface area contributed by atoms with E-state index in [0.29, 0.717) is 6.42 Å². The molecular formula is C13H11BrN2O. The van der Waals surface area contributed by atoms with Crippen LogP contribution in [0, 0.1) is 0 Å². The van der Waals surface area contributed by atoms with Crippen LogP contribution in [0.5, 0.6) is 0 Å². The van der Waals surface area contributed by atoms with Crippen molar-refractivity contribution in [3.05, 3.63) is 58.8 Å². The van der Waals surface area contributed by atoms with Crippen LogP contribution in [0.1, 0.15) is 5.56 Å². The molecule has 1 heterocycles. The van der Waals surface area contributed by atoms with Crippen molar-refractivity contribution in [2.45, 2.75) is 6.42 Å². The lowest BCUT2D eigenvalue weighted by molar-refractivity contribution is -0.115. The van der Waals surface area contributed by atoms with Gasteiger partial charge in [-0.05, 0) is 42.0 Å². The summed E-state index contributed by atoms with van der Waals surface area (Å²) in [5.74, 6) is -0.0291. The molecule has 17 heavy (non-hydrogen) atoms. The zero-order valence-corrected chi connectivity index (χ0v) is 10.6. The highest BCUT2D eigenvalue weighted by molar-refractivity contribution is 9.10. The van der Waals surface area contributed by atoms with Gasteiger partial charge in [-0.1, -0.05) is 15.9 Å². The third-order valence-electron chi connectivity index (χ3n) is 2.24. The van der Waals surface area contributed by atoms with E-state index in [1.165, 1.54) is 0 Å². The number of nitrogens with zero attached hydrogens (tertiary/aromatic N) is 1. The minimum Gasteiger partial charge on any atom is -0.326 e. The predicted octanol–water partition coefficient (Wildman–Crippen LogP) is 3.03. The van der Waals surface area contributed by atoms with Crippen LogP contribution in [0.4, 0.5) is 5.69 Å². The Balaban J connectivity index is 1.96. The van der Waals surface area contributed by atoms with Gasteiger partial charge in [-0.15, -0.1) is 0 Å². The molecule has 1 aromatic carbocycles. The number of halogens is 1. The molecule has 0 spiro atoms. The first-order valence-electron chi connectivity index (χ1n) is 5.18. The lowest BCUT2D eigenvalue weighted by Crippen LogP contribution is -2.14. The highest BCUT2D eigenvalue weighted by atomic mass is 79.9. The number of pyridine rings is 1. The zero-order chi connectivity index (χ0) is 12.1. The van der Waals surface area contributed by atoms with E-state index in [1.54, 1.807) is 12.4 Å². The molecule has 0 aliphatic rings. The summed E-state index contributed by atoms with van der Waals surface area (Å²) in [5.41, 5.74) is 1.75. The fourth-order valence-electron chi connectivity index (χ4n) is 1.42. The van der Waals surface area contributed by atoms with Crippen LogP contribution in [-0.2, 0) is 11.2 Å². The third-order valence-corrected chi connectivity index (χ3v) is 2.77. The SMILES string of the molecule is O=C(Cc1ccncc1)Nc1ccc(Br)cc1. The van der Waals surface area contributed by atoms with Crippen LogP contribution in [0.15, 0.2) is 53.3 Å². The summed E-state index contributed by atoms with van der Waals surface area (Å²) < 4.78 is 0.990. The van der Waals surface area contributed by atoms with Crippen molar-refractivity contribution >= 4 is 27.5 Å². The molecule has 0 unspecified atom stereocenters. The van der Waals surface area contributed by atoms with Gasteiger partial charge in [0.2, 0.25) is 5.91 Å². The van der Waals surface area contributed by atoms with Crippen molar-refractivity contribution in [3.8, 4) is 0 Å². The number of carbonyl (C=O) groups excluding carboxylic acids is 1. The zero-order valence-electron chi connectivity index (χ0n) is 9.06. The van der Waals surface area contributed by atoms with E-state index in [0.717, 1.165) is 15.7 Å². The summed E-state index contributed by atoms with van der Waals surface area (Å²) in [7, 11) is 0. The number of hydrogen-bond donors (Lipinski definition) is 1. The molecule has 0 saturated carbocycles. The molecule has 0 saturated heterocycles. The van der Waals surface area contributed by atoms with Gasteiger partial charge in [0.05, 0.1) is 6.42 Å². The summed E-state index contributed by atoms with van der Waals surface area (Å²) in [6.07, 6.45) is 3.73. The van der Waals surface area contributed by atoms with E-state index in [2.05, 4.69) is 26.2 Å². The molecule has 1 aromatic heterocycles. The van der Waals surface area contributed by atoms with E-state index >= 15 is 0 Å². The lowest BCUT2D eigenvalue weighted by atomic mass is 10.2. The van der Waals surface area contributed by atoms with Crippen LogP contribution in [0.25, 0.3) is 0 Å².